The van der Waals surface area contributed by atoms with Gasteiger partial charge >= 0.3 is 27.5 Å². The Labute approximate surface area is 182 Å². The van der Waals surface area contributed by atoms with Crippen LogP contribution >= 0.6 is 23.2 Å². The molecule has 0 unspecified atom stereocenters. The number of carbonyl (C=O) groups is 1. The number of nitrogens with one attached hydrogen (secondary N) is 1. The summed E-state index contributed by atoms with van der Waals surface area (Å²) in [6, 6.07) is -0.169. The fourth-order valence-corrected chi connectivity index (χ4v) is 2.78. The largest absolute Gasteiger partial charge is 0.340 e. The minimum atomic E-state index is -5.30. The molecule has 0 saturated heterocycles. The molecule has 0 spiro atoms. The van der Waals surface area contributed by atoms with E-state index in [2.05, 4.69) is 10.6 Å². The van der Waals surface area contributed by atoms with Gasteiger partial charge in [0.15, 0.2) is 0 Å². The summed E-state index contributed by atoms with van der Waals surface area (Å²) in [6.45, 7) is 0.397. The quantitative estimate of drug-likeness (QED) is 0.160. The fraction of sp³-hybridized carbons (Fsp3) is 0.364. The summed E-state index contributed by atoms with van der Waals surface area (Å²) in [4.78, 5) is 47.1. The van der Waals surface area contributed by atoms with Crippen molar-refractivity contribution in [2.75, 3.05) is 24.8 Å². The molecule has 172 valence electrons. The molecule has 0 atom stereocenters. The second kappa shape index (κ2) is 12.5. The first-order valence-electron chi connectivity index (χ1n) is 7.41. The molecule has 2 amide bonds. The topological polar surface area (TPSA) is 246 Å². The normalized spacial score (nSPS) is 10.3. The van der Waals surface area contributed by atoms with E-state index in [4.69, 9.17) is 27.8 Å². The van der Waals surface area contributed by atoms with Crippen LogP contribution < -0.4 is 5.32 Å². The van der Waals surface area contributed by atoms with Crippen molar-refractivity contribution >= 4 is 56.4 Å². The van der Waals surface area contributed by atoms with Gasteiger partial charge < -0.3 is 5.32 Å². The monoisotopic (exact) mass is 506 g/mol. The SMILES string of the molecule is O=NN(CCCl)C(=O)NCCCl.O=[N+]([O-])c1cc([N+](=O)[O-])c(S(=O)(=O)O)c([N+](=O)[O-])c1. The van der Waals surface area contributed by atoms with Crippen LogP contribution in [0.3, 0.4) is 0 Å². The van der Waals surface area contributed by atoms with E-state index in [0.29, 0.717) is 17.4 Å². The summed E-state index contributed by atoms with van der Waals surface area (Å²) in [5, 5.41) is 37.2. The molecule has 0 aromatic heterocycles. The molecule has 0 aliphatic rings. The molecule has 2 N–H and O–H groups in total. The Bertz CT molecular complexity index is 938. The molecular weight excluding hydrogens is 495 g/mol. The van der Waals surface area contributed by atoms with Gasteiger partial charge in [-0.2, -0.15) is 13.4 Å². The third-order valence-corrected chi connectivity index (χ3v) is 4.19. The number of amides is 2. The number of nitro benzene ring substituents is 3. The molecule has 0 bridgehead atoms. The number of rotatable bonds is 9. The maximum Gasteiger partial charge on any atom is 0.340 e. The van der Waals surface area contributed by atoms with Crippen LogP contribution in [-0.4, -0.2) is 63.6 Å². The molecular formula is C11H12Cl2N6O11S. The Morgan fingerprint density at radius 3 is 1.84 bits per heavy atom. The summed E-state index contributed by atoms with van der Waals surface area (Å²) in [5.41, 5.74) is -3.96. The van der Waals surface area contributed by atoms with E-state index in [1.54, 1.807) is 0 Å². The summed E-state index contributed by atoms with van der Waals surface area (Å²) in [6.07, 6.45) is 0. The minimum absolute atomic E-state index is 0.0964. The first-order chi connectivity index (χ1) is 14.3. The average Bonchev–Trinajstić information content (AvgIpc) is 2.68. The smallest absolute Gasteiger partial charge is 0.335 e. The van der Waals surface area contributed by atoms with Gasteiger partial charge in [-0.15, -0.1) is 28.1 Å². The van der Waals surface area contributed by atoms with Crippen molar-refractivity contribution in [2.24, 2.45) is 5.29 Å². The maximum atomic E-state index is 10.9. The van der Waals surface area contributed by atoms with Crippen LogP contribution in [0, 0.1) is 35.3 Å². The van der Waals surface area contributed by atoms with Gasteiger partial charge in [-0.3, -0.25) is 34.9 Å². The third kappa shape index (κ3) is 8.58. The zero-order chi connectivity index (χ0) is 24.4. The number of nitro groups is 3. The highest BCUT2D eigenvalue weighted by Crippen LogP contribution is 2.36. The van der Waals surface area contributed by atoms with Crippen molar-refractivity contribution in [2.45, 2.75) is 4.90 Å². The van der Waals surface area contributed by atoms with Crippen LogP contribution in [0.25, 0.3) is 0 Å². The van der Waals surface area contributed by atoms with Gasteiger partial charge in [0.2, 0.25) is 4.90 Å². The second-order valence-electron chi connectivity index (χ2n) is 4.87. The van der Waals surface area contributed by atoms with Crippen LogP contribution in [0.1, 0.15) is 0 Å². The Morgan fingerprint density at radius 1 is 1.06 bits per heavy atom. The number of nitroso groups, excluding NO2 is 1. The first-order valence-corrected chi connectivity index (χ1v) is 9.91. The Morgan fingerprint density at radius 2 is 1.55 bits per heavy atom. The van der Waals surface area contributed by atoms with Gasteiger partial charge in [0.05, 0.1) is 38.7 Å². The molecule has 1 rings (SSSR count). The van der Waals surface area contributed by atoms with Crippen LogP contribution in [0.2, 0.25) is 0 Å². The second-order valence-corrected chi connectivity index (χ2v) is 6.99. The molecule has 1 aromatic rings. The number of hydrogen-bond donors (Lipinski definition) is 2. The molecule has 1 aromatic carbocycles. The number of carbonyl (C=O) groups excluding carboxylic acids is 1. The highest BCUT2D eigenvalue weighted by atomic mass is 35.5. The molecule has 31 heavy (non-hydrogen) atoms. The van der Waals surface area contributed by atoms with Gasteiger partial charge in [-0.1, -0.05) is 0 Å². The van der Waals surface area contributed by atoms with E-state index in [-0.39, 0.29) is 24.6 Å². The molecule has 0 aliphatic heterocycles. The minimum Gasteiger partial charge on any atom is -0.335 e. The summed E-state index contributed by atoms with van der Waals surface area (Å²) in [7, 11) is -5.30. The number of benzene rings is 1. The van der Waals surface area contributed by atoms with Crippen molar-refractivity contribution in [1.29, 1.82) is 0 Å². The van der Waals surface area contributed by atoms with E-state index in [1.165, 1.54) is 0 Å². The Kier molecular flexibility index (Phi) is 11.2. The molecule has 0 radical (unpaired) electrons. The lowest BCUT2D eigenvalue weighted by molar-refractivity contribution is -0.407. The van der Waals surface area contributed by atoms with Crippen molar-refractivity contribution < 1.29 is 32.5 Å². The van der Waals surface area contributed by atoms with Gasteiger partial charge in [-0.25, -0.2) is 4.79 Å². The molecule has 0 heterocycles. The van der Waals surface area contributed by atoms with E-state index in [9.17, 15) is 48.5 Å². The number of non-ortho nitro benzene ring substituents is 1. The van der Waals surface area contributed by atoms with Gasteiger partial charge in [0, 0.05) is 18.3 Å². The standard InChI is InChI=1S/C6H3N3O9S.C5H9Cl2N3O2/c10-7(11)3-1-4(8(12)13)6(19(16,17)18)5(2-3)9(14)15;6-1-3-8-5(11)10(9-12)4-2-7/h1-2H,(H,16,17,18);1-4H2,(H,8,11). The van der Waals surface area contributed by atoms with Gasteiger partial charge in [0.25, 0.3) is 5.69 Å². The van der Waals surface area contributed by atoms with Crippen molar-refractivity contribution in [1.82, 2.24) is 10.3 Å². The highest BCUT2D eigenvalue weighted by Gasteiger charge is 2.37. The average molecular weight is 507 g/mol. The number of halogens is 2. The van der Waals surface area contributed by atoms with E-state index < -0.39 is 52.9 Å². The van der Waals surface area contributed by atoms with Crippen LogP contribution in [0.5, 0.6) is 0 Å². The summed E-state index contributed by atoms with van der Waals surface area (Å²) < 4.78 is 30.7. The van der Waals surface area contributed by atoms with Gasteiger partial charge in [-0.05, 0) is 0 Å². The molecule has 17 nitrogen and oxygen atoms in total. The lowest BCUT2D eigenvalue weighted by Gasteiger charge is -2.11. The fourth-order valence-electron chi connectivity index (χ4n) is 1.73. The molecule has 20 heteroatoms. The lowest BCUT2D eigenvalue weighted by Crippen LogP contribution is -2.38. The Balaban J connectivity index is 0.000000649. The van der Waals surface area contributed by atoms with Gasteiger partial charge in [0.1, 0.15) is 0 Å². The molecule has 0 fully saturated rings. The van der Waals surface area contributed by atoms with E-state index >= 15 is 0 Å². The first kappa shape index (κ1) is 27.8. The van der Waals surface area contributed by atoms with Crippen molar-refractivity contribution in [3.05, 3.63) is 47.4 Å². The summed E-state index contributed by atoms with van der Waals surface area (Å²) in [5.74, 6) is 0.458. The Hall–Kier alpha value is -3.22. The van der Waals surface area contributed by atoms with Crippen LogP contribution in [0.4, 0.5) is 21.9 Å². The number of nitrogens with zero attached hydrogens (tertiary/aromatic N) is 5. The van der Waals surface area contributed by atoms with Crippen LogP contribution in [-0.2, 0) is 10.1 Å². The predicted molar refractivity (Wildman–Crippen MR) is 104 cm³/mol. The summed E-state index contributed by atoms with van der Waals surface area (Å²) >= 11 is 10.6. The molecule has 0 saturated carbocycles. The number of hydrogen-bond acceptors (Lipinski definition) is 11. The zero-order valence-electron chi connectivity index (χ0n) is 14.9. The lowest BCUT2D eigenvalue weighted by atomic mass is 10.2. The number of urea groups is 1. The van der Waals surface area contributed by atoms with Crippen molar-refractivity contribution in [3.8, 4) is 0 Å². The highest BCUT2D eigenvalue weighted by molar-refractivity contribution is 7.86. The zero-order valence-corrected chi connectivity index (χ0v) is 17.2. The molecule has 0 aliphatic carbocycles. The van der Waals surface area contributed by atoms with E-state index in [1.807, 2.05) is 0 Å². The third-order valence-electron chi connectivity index (χ3n) is 2.90. The van der Waals surface area contributed by atoms with Crippen LogP contribution in [0.15, 0.2) is 22.3 Å². The maximum absolute atomic E-state index is 10.9. The predicted octanol–water partition coefficient (Wildman–Crippen LogP) is 1.81. The number of alkyl halides is 2. The van der Waals surface area contributed by atoms with E-state index in [0.717, 1.165) is 0 Å². The van der Waals surface area contributed by atoms with Crippen molar-refractivity contribution in [3.63, 3.8) is 0 Å².